The van der Waals surface area contributed by atoms with E-state index >= 15 is 0 Å². The highest BCUT2D eigenvalue weighted by Crippen LogP contribution is 2.28. The largest absolute Gasteiger partial charge is 0.463 e. The van der Waals surface area contributed by atoms with Crippen molar-refractivity contribution < 1.29 is 47.7 Å². The monoisotopic (exact) mass is 430 g/mol. The lowest BCUT2D eigenvalue weighted by atomic mass is 9.96. The Morgan fingerprint density at radius 1 is 0.933 bits per heavy atom. The summed E-state index contributed by atoms with van der Waals surface area (Å²) in [5.74, 6) is -3.86. The first-order valence-electron chi connectivity index (χ1n) is 8.65. The van der Waals surface area contributed by atoms with Crippen molar-refractivity contribution in [1.29, 1.82) is 0 Å². The lowest BCUT2D eigenvalue weighted by molar-refractivity contribution is -0.271. The molecule has 1 amide bonds. The summed E-state index contributed by atoms with van der Waals surface area (Å²) in [5.41, 5.74) is 8.36. The molecule has 1 aliphatic heterocycles. The lowest BCUT2D eigenvalue weighted by Gasteiger charge is -2.44. The molecule has 0 bridgehead atoms. The molecule has 5 atom stereocenters. The first kappa shape index (κ1) is 24.7. The van der Waals surface area contributed by atoms with Gasteiger partial charge in [-0.1, -0.05) is 5.11 Å². The molecule has 166 valence electrons. The average molecular weight is 430 g/mol. The first-order chi connectivity index (χ1) is 14.0. The van der Waals surface area contributed by atoms with Gasteiger partial charge in [-0.2, -0.15) is 0 Å². The van der Waals surface area contributed by atoms with Crippen LogP contribution in [0.1, 0.15) is 27.7 Å². The summed E-state index contributed by atoms with van der Waals surface area (Å²) in [4.78, 5) is 60.5. The van der Waals surface area contributed by atoms with Gasteiger partial charge in [0.1, 0.15) is 25.3 Å². The fraction of sp³-hybridized carbons (Fsp3) is 0.688. The van der Waals surface area contributed by atoms with Crippen molar-refractivity contribution in [3.8, 4) is 0 Å². The number of esters is 4. The van der Waals surface area contributed by atoms with Crippen LogP contribution in [0.15, 0.2) is 5.11 Å². The van der Waals surface area contributed by atoms with E-state index in [0.717, 1.165) is 27.7 Å². The van der Waals surface area contributed by atoms with Gasteiger partial charge in [0.2, 0.25) is 12.2 Å². The summed E-state index contributed by atoms with van der Waals surface area (Å²) < 4.78 is 25.9. The Balaban J connectivity index is 3.33. The van der Waals surface area contributed by atoms with Gasteiger partial charge in [0.15, 0.2) is 12.2 Å². The van der Waals surface area contributed by atoms with E-state index < -0.39 is 73.6 Å². The highest BCUT2D eigenvalue weighted by Gasteiger charge is 2.52. The van der Waals surface area contributed by atoms with E-state index in [2.05, 4.69) is 15.3 Å². The molecule has 4 unspecified atom stereocenters. The van der Waals surface area contributed by atoms with Crippen LogP contribution in [0.4, 0.5) is 0 Å². The molecule has 0 spiro atoms. The van der Waals surface area contributed by atoms with Crippen molar-refractivity contribution in [2.75, 3.05) is 13.2 Å². The number of ether oxygens (including phenoxy) is 5. The fourth-order valence-corrected chi connectivity index (χ4v) is 2.65. The Labute approximate surface area is 170 Å². The molecule has 1 saturated heterocycles. The second-order valence-corrected chi connectivity index (χ2v) is 6.09. The highest BCUT2D eigenvalue weighted by atomic mass is 16.7. The van der Waals surface area contributed by atoms with E-state index in [1.165, 1.54) is 0 Å². The van der Waals surface area contributed by atoms with Crippen LogP contribution < -0.4 is 5.32 Å². The number of carbonyl (C=O) groups excluding carboxylic acids is 5. The molecule has 1 fully saturated rings. The standard InChI is InChI=1S/C16H22N4O10/c1-7(21)26-6-11-14(27-8(2)22)15(28-9(3)23)13(16(30-11)29-10(4)24)19-12(25)5-18-20-17/h11,13-16H,5-6H2,1-4H3,(H,19,25)/t11?,13?,14-,15?,16?/m0/s1. The predicted octanol–water partition coefficient (Wildman–Crippen LogP) is -0.504. The van der Waals surface area contributed by atoms with Gasteiger partial charge < -0.3 is 29.0 Å². The SMILES string of the molecule is CC(=O)OCC1OC(OC(C)=O)C(NC(=O)CN=[N+]=[N-])C(OC(C)=O)[C@H]1OC(C)=O. The number of amides is 1. The lowest BCUT2D eigenvalue weighted by Crippen LogP contribution is -2.67. The molecule has 1 N–H and O–H groups in total. The number of hydrogen-bond acceptors (Lipinski definition) is 11. The van der Waals surface area contributed by atoms with Crippen molar-refractivity contribution in [1.82, 2.24) is 5.32 Å². The average Bonchev–Trinajstić information content (AvgIpc) is 2.62. The molecule has 0 aromatic rings. The molecular formula is C16H22N4O10. The summed E-state index contributed by atoms with van der Waals surface area (Å²) >= 11 is 0. The summed E-state index contributed by atoms with van der Waals surface area (Å²) in [6.45, 7) is 3.32. The highest BCUT2D eigenvalue weighted by molar-refractivity contribution is 5.79. The Hall–Kier alpha value is -3.38. The second kappa shape index (κ2) is 11.6. The zero-order valence-corrected chi connectivity index (χ0v) is 16.7. The molecule has 1 aliphatic rings. The van der Waals surface area contributed by atoms with Gasteiger partial charge in [0, 0.05) is 32.6 Å². The van der Waals surface area contributed by atoms with Crippen LogP contribution in [0.25, 0.3) is 10.4 Å². The van der Waals surface area contributed by atoms with Gasteiger partial charge in [-0.25, -0.2) is 0 Å². The molecule has 0 saturated carbocycles. The quantitative estimate of drug-likeness (QED) is 0.172. The van der Waals surface area contributed by atoms with Crippen molar-refractivity contribution in [2.45, 2.75) is 58.3 Å². The number of nitrogens with one attached hydrogen (secondary N) is 1. The summed E-state index contributed by atoms with van der Waals surface area (Å²) in [5, 5.41) is 5.48. The third kappa shape index (κ3) is 7.93. The number of rotatable bonds is 8. The zero-order chi connectivity index (χ0) is 22.8. The van der Waals surface area contributed by atoms with Crippen LogP contribution in [0, 0.1) is 0 Å². The third-order valence-electron chi connectivity index (χ3n) is 3.59. The molecular weight excluding hydrogens is 408 g/mol. The van der Waals surface area contributed by atoms with Crippen molar-refractivity contribution in [3.05, 3.63) is 10.4 Å². The van der Waals surface area contributed by atoms with Gasteiger partial charge in [0.05, 0.1) is 0 Å². The van der Waals surface area contributed by atoms with Gasteiger partial charge >= 0.3 is 23.9 Å². The fourth-order valence-electron chi connectivity index (χ4n) is 2.65. The molecule has 30 heavy (non-hydrogen) atoms. The van der Waals surface area contributed by atoms with E-state index in [4.69, 9.17) is 29.2 Å². The van der Waals surface area contributed by atoms with Crippen molar-refractivity contribution in [2.24, 2.45) is 5.11 Å². The Bertz CT molecular complexity index is 736. The Morgan fingerprint density at radius 3 is 2.00 bits per heavy atom. The predicted molar refractivity (Wildman–Crippen MR) is 94.1 cm³/mol. The summed E-state index contributed by atoms with van der Waals surface area (Å²) in [6, 6.07) is -1.34. The molecule has 14 nitrogen and oxygen atoms in total. The molecule has 1 rings (SSSR count). The normalized spacial score (nSPS) is 25.1. The maximum absolute atomic E-state index is 12.1. The van der Waals surface area contributed by atoms with Gasteiger partial charge in [-0.15, -0.1) is 0 Å². The van der Waals surface area contributed by atoms with E-state index in [0.29, 0.717) is 0 Å². The van der Waals surface area contributed by atoms with Crippen LogP contribution in [0.5, 0.6) is 0 Å². The third-order valence-corrected chi connectivity index (χ3v) is 3.59. The van der Waals surface area contributed by atoms with E-state index in [9.17, 15) is 24.0 Å². The Morgan fingerprint density at radius 2 is 1.50 bits per heavy atom. The van der Waals surface area contributed by atoms with Crippen molar-refractivity contribution >= 4 is 29.8 Å². The Kier molecular flexibility index (Phi) is 9.52. The number of hydrogen-bond donors (Lipinski definition) is 1. The minimum Gasteiger partial charge on any atom is -0.463 e. The molecule has 14 heteroatoms. The number of nitrogens with zero attached hydrogens (tertiary/aromatic N) is 3. The summed E-state index contributed by atoms with van der Waals surface area (Å²) in [7, 11) is 0. The first-order valence-corrected chi connectivity index (χ1v) is 8.65. The molecule has 0 aromatic heterocycles. The molecule has 0 aliphatic carbocycles. The smallest absolute Gasteiger partial charge is 0.305 e. The maximum Gasteiger partial charge on any atom is 0.305 e. The zero-order valence-electron chi connectivity index (χ0n) is 16.7. The van der Waals surface area contributed by atoms with Crippen LogP contribution >= 0.6 is 0 Å². The van der Waals surface area contributed by atoms with Gasteiger partial charge in [0.25, 0.3) is 0 Å². The number of carbonyl (C=O) groups is 5. The minimum atomic E-state index is -1.51. The van der Waals surface area contributed by atoms with Crippen LogP contribution in [-0.4, -0.2) is 73.6 Å². The number of azide groups is 1. The topological polar surface area (TPSA) is 192 Å². The van der Waals surface area contributed by atoms with Crippen molar-refractivity contribution in [3.63, 3.8) is 0 Å². The van der Waals surface area contributed by atoms with Crippen LogP contribution in [0.3, 0.4) is 0 Å². The molecule has 0 aromatic carbocycles. The van der Waals surface area contributed by atoms with Gasteiger partial charge in [-0.05, 0) is 5.53 Å². The maximum atomic E-state index is 12.1. The minimum absolute atomic E-state index is 0.428. The molecule has 0 radical (unpaired) electrons. The van der Waals surface area contributed by atoms with Crippen LogP contribution in [-0.2, 0) is 47.7 Å². The summed E-state index contributed by atoms with van der Waals surface area (Å²) in [6.07, 6.45) is -5.42. The van der Waals surface area contributed by atoms with Crippen LogP contribution in [0.2, 0.25) is 0 Å². The van der Waals surface area contributed by atoms with Gasteiger partial charge in [-0.3, -0.25) is 24.0 Å². The van der Waals surface area contributed by atoms with E-state index in [1.807, 2.05) is 0 Å². The van der Waals surface area contributed by atoms with E-state index in [-0.39, 0.29) is 0 Å². The van der Waals surface area contributed by atoms with E-state index in [1.54, 1.807) is 0 Å². The molecule has 1 heterocycles. The second-order valence-electron chi connectivity index (χ2n) is 6.09.